The smallest absolute Gasteiger partial charge is 0.295 e. The number of aliphatic hydroxyl groups excluding tert-OH is 1. The summed E-state index contributed by atoms with van der Waals surface area (Å²) in [5.74, 6) is -1.10. The number of likely N-dealkylation sites (tertiary alicyclic amines) is 1. The molecular weight excluding hydrogens is 437 g/mol. The Balaban J connectivity index is 2.22. The summed E-state index contributed by atoms with van der Waals surface area (Å²) in [6.45, 7) is 6.21. The molecule has 0 aliphatic carbocycles. The lowest BCUT2D eigenvalue weighted by Gasteiger charge is -2.27. The third-order valence-electron chi connectivity index (χ3n) is 5.06. The number of carbonyl (C=O) groups excluding carboxylic acids is 2. The quantitative estimate of drug-likeness (QED) is 0.311. The molecule has 1 fully saturated rings. The maximum Gasteiger partial charge on any atom is 0.295 e. The second-order valence-corrected chi connectivity index (χ2v) is 8.49. The van der Waals surface area contributed by atoms with Gasteiger partial charge in [0.2, 0.25) is 0 Å². The van der Waals surface area contributed by atoms with Crippen molar-refractivity contribution in [2.24, 2.45) is 0 Å². The Morgan fingerprint density at radius 2 is 1.84 bits per heavy atom. The van der Waals surface area contributed by atoms with Crippen molar-refractivity contribution in [2.75, 3.05) is 6.54 Å². The molecule has 1 amide bonds. The Hall–Kier alpha value is -2.50. The second-order valence-electron chi connectivity index (χ2n) is 7.68. The number of halogens is 2. The molecule has 0 aromatic heterocycles. The van der Waals surface area contributed by atoms with E-state index in [0.717, 1.165) is 12.8 Å². The molecule has 1 unspecified atom stereocenters. The lowest BCUT2D eigenvalue weighted by atomic mass is 9.94. The zero-order valence-electron chi connectivity index (χ0n) is 17.7. The molecule has 1 N–H and O–H groups in total. The second kappa shape index (κ2) is 9.75. The van der Waals surface area contributed by atoms with E-state index in [2.05, 4.69) is 0 Å². The number of rotatable bonds is 7. The highest BCUT2D eigenvalue weighted by atomic mass is 35.5. The summed E-state index contributed by atoms with van der Waals surface area (Å²) >= 11 is 12.1. The van der Waals surface area contributed by atoms with Gasteiger partial charge in [-0.25, -0.2) is 0 Å². The summed E-state index contributed by atoms with van der Waals surface area (Å²) in [5.41, 5.74) is 0.975. The van der Waals surface area contributed by atoms with Crippen LogP contribution in [0.4, 0.5) is 0 Å². The molecule has 0 radical (unpaired) electrons. The van der Waals surface area contributed by atoms with Gasteiger partial charge >= 0.3 is 0 Å². The third-order valence-corrected chi connectivity index (χ3v) is 5.80. The first kappa shape index (κ1) is 23.2. The van der Waals surface area contributed by atoms with Gasteiger partial charge in [0.05, 0.1) is 27.8 Å². The fourth-order valence-electron chi connectivity index (χ4n) is 3.63. The van der Waals surface area contributed by atoms with Gasteiger partial charge in [-0.15, -0.1) is 0 Å². The minimum absolute atomic E-state index is 0.0132. The molecule has 2 aromatic carbocycles. The number of para-hydroxylation sites is 1. The lowest BCUT2D eigenvalue weighted by molar-refractivity contribution is -0.139. The van der Waals surface area contributed by atoms with Crippen LogP contribution in [0.5, 0.6) is 5.75 Å². The first-order valence-electron chi connectivity index (χ1n) is 10.3. The van der Waals surface area contributed by atoms with Gasteiger partial charge in [-0.2, -0.15) is 0 Å². The molecule has 31 heavy (non-hydrogen) atoms. The summed E-state index contributed by atoms with van der Waals surface area (Å²) in [6, 6.07) is 11.1. The monoisotopic (exact) mass is 461 g/mol. The highest BCUT2D eigenvalue weighted by molar-refractivity contribution is 6.47. The van der Waals surface area contributed by atoms with Crippen molar-refractivity contribution >= 4 is 40.7 Å². The van der Waals surface area contributed by atoms with Crippen LogP contribution in [-0.2, 0) is 9.59 Å². The third kappa shape index (κ3) is 4.73. The molecule has 7 heteroatoms. The summed E-state index contributed by atoms with van der Waals surface area (Å²) < 4.78 is 5.96. The van der Waals surface area contributed by atoms with Crippen molar-refractivity contribution in [3.63, 3.8) is 0 Å². The Morgan fingerprint density at radius 3 is 2.48 bits per heavy atom. The van der Waals surface area contributed by atoms with Crippen molar-refractivity contribution < 1.29 is 19.4 Å². The molecule has 2 aromatic rings. The molecule has 164 valence electrons. The molecule has 0 saturated carbocycles. The fraction of sp³-hybridized carbons (Fsp3) is 0.333. The van der Waals surface area contributed by atoms with Crippen LogP contribution in [-0.4, -0.2) is 34.3 Å². The first-order valence-corrected chi connectivity index (χ1v) is 11.0. The number of carbonyl (C=O) groups is 2. The largest absolute Gasteiger partial charge is 0.507 e. The van der Waals surface area contributed by atoms with Crippen molar-refractivity contribution in [1.29, 1.82) is 0 Å². The predicted octanol–water partition coefficient (Wildman–Crippen LogP) is 6.00. The number of hydrogen-bond donors (Lipinski definition) is 1. The highest BCUT2D eigenvalue weighted by Gasteiger charge is 2.46. The summed E-state index contributed by atoms with van der Waals surface area (Å²) in [4.78, 5) is 27.5. The molecular formula is C24H25Cl2NO4. The molecule has 3 rings (SSSR count). The van der Waals surface area contributed by atoms with E-state index in [-0.39, 0.29) is 22.5 Å². The standard InChI is InChI=1S/C24H25Cl2NO4/c1-4-5-12-27-21(16-8-6-7-9-19(16)31-14(2)3)20(23(29)24(27)30)22(28)15-10-11-17(25)18(26)13-15/h6-11,13-14,21,28H,4-5,12H2,1-3H3/b22-20-. The van der Waals surface area contributed by atoms with Crippen LogP contribution in [0.15, 0.2) is 48.0 Å². The van der Waals surface area contributed by atoms with E-state index in [4.69, 9.17) is 27.9 Å². The molecule has 0 spiro atoms. The number of nitrogens with zero attached hydrogens (tertiary/aromatic N) is 1. The minimum atomic E-state index is -0.768. The number of unbranched alkanes of at least 4 members (excludes halogenated alkanes) is 1. The van der Waals surface area contributed by atoms with E-state index in [0.29, 0.717) is 28.4 Å². The highest BCUT2D eigenvalue weighted by Crippen LogP contribution is 2.43. The SMILES string of the molecule is CCCCN1C(=O)C(=O)/C(=C(\O)c2ccc(Cl)c(Cl)c2)C1c1ccccc1OC(C)C. The van der Waals surface area contributed by atoms with Crippen LogP contribution < -0.4 is 4.74 Å². The van der Waals surface area contributed by atoms with Crippen LogP contribution in [0, 0.1) is 0 Å². The van der Waals surface area contributed by atoms with Gasteiger partial charge in [0.25, 0.3) is 11.7 Å². The van der Waals surface area contributed by atoms with E-state index in [1.54, 1.807) is 12.1 Å². The number of ether oxygens (including phenoxy) is 1. The molecule has 0 bridgehead atoms. The first-order chi connectivity index (χ1) is 14.8. The average Bonchev–Trinajstić information content (AvgIpc) is 2.98. The van der Waals surface area contributed by atoms with Crippen LogP contribution >= 0.6 is 23.2 Å². The lowest BCUT2D eigenvalue weighted by Crippen LogP contribution is -2.31. The maximum absolute atomic E-state index is 13.1. The van der Waals surface area contributed by atoms with Gasteiger partial charge in [-0.1, -0.05) is 54.7 Å². The normalized spacial score (nSPS) is 18.1. The zero-order chi connectivity index (χ0) is 22.7. The zero-order valence-corrected chi connectivity index (χ0v) is 19.2. The van der Waals surface area contributed by atoms with Crippen molar-refractivity contribution in [3.8, 4) is 5.75 Å². The maximum atomic E-state index is 13.1. The molecule has 1 aliphatic heterocycles. The molecule has 1 saturated heterocycles. The Bertz CT molecular complexity index is 1030. The molecule has 1 heterocycles. The van der Waals surface area contributed by atoms with Gasteiger partial charge in [0.15, 0.2) is 0 Å². The number of amides is 1. The molecule has 1 atom stereocenters. The predicted molar refractivity (Wildman–Crippen MR) is 123 cm³/mol. The molecule has 1 aliphatic rings. The fourth-order valence-corrected chi connectivity index (χ4v) is 3.93. The minimum Gasteiger partial charge on any atom is -0.507 e. The summed E-state index contributed by atoms with van der Waals surface area (Å²) in [7, 11) is 0. The van der Waals surface area contributed by atoms with Crippen molar-refractivity contribution in [3.05, 3.63) is 69.2 Å². The van der Waals surface area contributed by atoms with Gasteiger partial charge < -0.3 is 14.7 Å². The van der Waals surface area contributed by atoms with E-state index in [9.17, 15) is 14.7 Å². The van der Waals surface area contributed by atoms with E-state index >= 15 is 0 Å². The number of ketones is 1. The Kier molecular flexibility index (Phi) is 7.29. The number of Topliss-reactive ketones (excluding diaryl/α,β-unsaturated/α-hetero) is 1. The van der Waals surface area contributed by atoms with E-state index < -0.39 is 17.7 Å². The number of hydrogen-bond acceptors (Lipinski definition) is 4. The van der Waals surface area contributed by atoms with Crippen LogP contribution in [0.3, 0.4) is 0 Å². The summed E-state index contributed by atoms with van der Waals surface area (Å²) in [5, 5.41) is 11.7. The summed E-state index contributed by atoms with van der Waals surface area (Å²) in [6.07, 6.45) is 1.48. The average molecular weight is 462 g/mol. The van der Waals surface area contributed by atoms with Gasteiger partial charge in [0, 0.05) is 17.7 Å². The van der Waals surface area contributed by atoms with Crippen LogP contribution in [0.2, 0.25) is 10.0 Å². The van der Waals surface area contributed by atoms with Crippen molar-refractivity contribution in [1.82, 2.24) is 4.90 Å². The van der Waals surface area contributed by atoms with Crippen LogP contribution in [0.1, 0.15) is 50.8 Å². The topological polar surface area (TPSA) is 66.8 Å². The molecule has 5 nitrogen and oxygen atoms in total. The van der Waals surface area contributed by atoms with Gasteiger partial charge in [0.1, 0.15) is 11.5 Å². The number of benzene rings is 2. The van der Waals surface area contributed by atoms with Crippen molar-refractivity contribution in [2.45, 2.75) is 45.8 Å². The Labute approximate surface area is 192 Å². The Morgan fingerprint density at radius 1 is 1.13 bits per heavy atom. The van der Waals surface area contributed by atoms with E-state index in [1.807, 2.05) is 39.0 Å². The van der Waals surface area contributed by atoms with Gasteiger partial charge in [-0.3, -0.25) is 9.59 Å². The number of aliphatic hydroxyl groups is 1. The van der Waals surface area contributed by atoms with E-state index in [1.165, 1.54) is 17.0 Å². The van der Waals surface area contributed by atoms with Crippen LogP contribution in [0.25, 0.3) is 5.76 Å². The van der Waals surface area contributed by atoms with Gasteiger partial charge in [-0.05, 0) is 44.5 Å².